The number of rotatable bonds is 3. The molecule has 1 aliphatic heterocycles. The van der Waals surface area contributed by atoms with Gasteiger partial charge in [0.25, 0.3) is 0 Å². The fraction of sp³-hybridized carbons (Fsp3) is 0.529. The zero-order valence-corrected chi connectivity index (χ0v) is 13.0. The summed E-state index contributed by atoms with van der Waals surface area (Å²) in [5.41, 5.74) is -0.145. The molecule has 0 amide bonds. The predicted molar refractivity (Wildman–Crippen MR) is 80.0 cm³/mol. The molecule has 1 fully saturated rings. The van der Waals surface area contributed by atoms with E-state index < -0.39 is 11.4 Å². The van der Waals surface area contributed by atoms with E-state index in [1.165, 1.54) is 0 Å². The summed E-state index contributed by atoms with van der Waals surface area (Å²) in [6.45, 7) is 8.10. The molecule has 0 bridgehead atoms. The minimum Gasteiger partial charge on any atom is -0.491 e. The van der Waals surface area contributed by atoms with Crippen LogP contribution in [0.4, 0.5) is 0 Å². The Kier molecular flexibility index (Phi) is 4.58. The Labute approximate surface area is 126 Å². The summed E-state index contributed by atoms with van der Waals surface area (Å²) >= 11 is 0. The molecular formula is C17H22O4. The van der Waals surface area contributed by atoms with Crippen molar-refractivity contribution in [2.75, 3.05) is 13.2 Å². The van der Waals surface area contributed by atoms with Crippen LogP contribution in [0.2, 0.25) is 0 Å². The van der Waals surface area contributed by atoms with Crippen LogP contribution in [-0.2, 0) is 9.47 Å². The number of hydrogen-bond donors (Lipinski definition) is 1. The fourth-order valence-corrected chi connectivity index (χ4v) is 1.89. The van der Waals surface area contributed by atoms with Crippen molar-refractivity contribution in [3.63, 3.8) is 0 Å². The van der Waals surface area contributed by atoms with E-state index in [9.17, 15) is 5.11 Å². The first-order valence-electron chi connectivity index (χ1n) is 7.04. The van der Waals surface area contributed by atoms with E-state index in [1.807, 2.05) is 38.1 Å². The molecule has 1 unspecified atom stereocenters. The summed E-state index contributed by atoms with van der Waals surface area (Å²) < 4.78 is 16.8. The molecule has 1 N–H and O–H groups in total. The maximum Gasteiger partial charge on any atom is 0.163 e. The van der Waals surface area contributed by atoms with Gasteiger partial charge in [-0.3, -0.25) is 0 Å². The average Bonchev–Trinajstić information content (AvgIpc) is 2.74. The van der Waals surface area contributed by atoms with Gasteiger partial charge in [0.2, 0.25) is 0 Å². The van der Waals surface area contributed by atoms with Crippen molar-refractivity contribution in [3.05, 3.63) is 29.8 Å². The van der Waals surface area contributed by atoms with Crippen molar-refractivity contribution < 1.29 is 19.3 Å². The van der Waals surface area contributed by atoms with Crippen LogP contribution in [0.15, 0.2) is 24.3 Å². The van der Waals surface area contributed by atoms with Crippen LogP contribution >= 0.6 is 0 Å². The molecule has 2 rings (SSSR count). The molecule has 0 radical (unpaired) electrons. The van der Waals surface area contributed by atoms with E-state index in [0.717, 1.165) is 11.3 Å². The molecule has 1 aliphatic rings. The van der Waals surface area contributed by atoms with Crippen molar-refractivity contribution >= 4 is 0 Å². The van der Waals surface area contributed by atoms with Crippen LogP contribution < -0.4 is 4.74 Å². The smallest absolute Gasteiger partial charge is 0.163 e. The van der Waals surface area contributed by atoms with Gasteiger partial charge in [0.05, 0.1) is 6.61 Å². The maximum atomic E-state index is 9.56. The molecule has 1 heterocycles. The van der Waals surface area contributed by atoms with Gasteiger partial charge in [0, 0.05) is 5.56 Å². The molecule has 1 aromatic rings. The molecule has 4 nitrogen and oxygen atoms in total. The lowest BCUT2D eigenvalue weighted by atomic mass is 10.1. The highest BCUT2D eigenvalue weighted by Gasteiger charge is 2.32. The third kappa shape index (κ3) is 5.39. The highest BCUT2D eigenvalue weighted by atomic mass is 16.7. The molecule has 1 saturated heterocycles. The second-order valence-corrected chi connectivity index (χ2v) is 6.10. The molecular weight excluding hydrogens is 268 g/mol. The highest BCUT2D eigenvalue weighted by Crippen LogP contribution is 2.23. The van der Waals surface area contributed by atoms with Gasteiger partial charge in [-0.1, -0.05) is 11.8 Å². The van der Waals surface area contributed by atoms with E-state index >= 15 is 0 Å². The Hall–Kier alpha value is -1.54. The first-order valence-corrected chi connectivity index (χ1v) is 7.04. The molecule has 0 saturated carbocycles. The number of hydrogen-bond acceptors (Lipinski definition) is 4. The highest BCUT2D eigenvalue weighted by molar-refractivity contribution is 5.39. The van der Waals surface area contributed by atoms with Crippen LogP contribution in [0.25, 0.3) is 0 Å². The minimum atomic E-state index is -0.984. The molecule has 0 spiro atoms. The van der Waals surface area contributed by atoms with Gasteiger partial charge in [0.1, 0.15) is 24.1 Å². The van der Waals surface area contributed by atoms with Crippen LogP contribution in [-0.4, -0.2) is 35.8 Å². The normalized spacial score (nSPS) is 20.7. The monoisotopic (exact) mass is 290 g/mol. The fourth-order valence-electron chi connectivity index (χ4n) is 1.89. The molecule has 0 aliphatic carbocycles. The van der Waals surface area contributed by atoms with Gasteiger partial charge >= 0.3 is 0 Å². The number of aliphatic hydroxyl groups is 1. The van der Waals surface area contributed by atoms with Crippen LogP contribution in [0.3, 0.4) is 0 Å². The Morgan fingerprint density at radius 3 is 2.52 bits per heavy atom. The van der Waals surface area contributed by atoms with Gasteiger partial charge < -0.3 is 19.3 Å². The number of ether oxygens (including phenoxy) is 3. The zero-order chi connectivity index (χ0) is 15.5. The van der Waals surface area contributed by atoms with Gasteiger partial charge in [-0.15, -0.1) is 0 Å². The van der Waals surface area contributed by atoms with Crippen molar-refractivity contribution in [1.82, 2.24) is 0 Å². The van der Waals surface area contributed by atoms with Crippen molar-refractivity contribution in [2.24, 2.45) is 0 Å². The lowest BCUT2D eigenvalue weighted by Crippen LogP contribution is -2.25. The lowest BCUT2D eigenvalue weighted by Gasteiger charge is -2.17. The van der Waals surface area contributed by atoms with Crippen LogP contribution in [0.1, 0.15) is 33.3 Å². The molecule has 4 heteroatoms. The lowest BCUT2D eigenvalue weighted by molar-refractivity contribution is -0.141. The predicted octanol–water partition coefficient (Wildman–Crippen LogP) is 2.34. The van der Waals surface area contributed by atoms with Gasteiger partial charge in [0.15, 0.2) is 5.79 Å². The van der Waals surface area contributed by atoms with Crippen molar-refractivity contribution in [2.45, 2.75) is 45.2 Å². The Morgan fingerprint density at radius 2 is 2.00 bits per heavy atom. The quantitative estimate of drug-likeness (QED) is 0.868. The third-order valence-electron chi connectivity index (χ3n) is 2.87. The first kappa shape index (κ1) is 15.8. The van der Waals surface area contributed by atoms with E-state index in [0.29, 0.717) is 13.2 Å². The van der Waals surface area contributed by atoms with E-state index in [1.54, 1.807) is 13.8 Å². The molecule has 1 aromatic carbocycles. The van der Waals surface area contributed by atoms with Crippen molar-refractivity contribution in [1.29, 1.82) is 0 Å². The molecule has 0 aromatic heterocycles. The van der Waals surface area contributed by atoms with Gasteiger partial charge in [-0.25, -0.2) is 0 Å². The summed E-state index contributed by atoms with van der Waals surface area (Å²) in [7, 11) is 0. The second-order valence-electron chi connectivity index (χ2n) is 6.10. The van der Waals surface area contributed by atoms with Crippen molar-refractivity contribution in [3.8, 4) is 17.6 Å². The summed E-state index contributed by atoms with van der Waals surface area (Å²) in [5.74, 6) is 5.93. The Bertz CT molecular complexity index is 529. The van der Waals surface area contributed by atoms with E-state index in [2.05, 4.69) is 11.8 Å². The Morgan fingerprint density at radius 1 is 1.33 bits per heavy atom. The second kappa shape index (κ2) is 6.07. The van der Waals surface area contributed by atoms with Crippen LogP contribution in [0.5, 0.6) is 5.75 Å². The SMILES string of the molecule is CC(C)(O)C#Cc1ccc(OCC2COC(C)(C)O2)cc1. The molecule has 21 heavy (non-hydrogen) atoms. The van der Waals surface area contributed by atoms with Crippen LogP contribution in [0, 0.1) is 11.8 Å². The van der Waals surface area contributed by atoms with Gasteiger partial charge in [-0.05, 0) is 52.0 Å². The van der Waals surface area contributed by atoms with E-state index in [-0.39, 0.29) is 6.10 Å². The van der Waals surface area contributed by atoms with Gasteiger partial charge in [-0.2, -0.15) is 0 Å². The largest absolute Gasteiger partial charge is 0.491 e. The topological polar surface area (TPSA) is 47.9 Å². The number of benzene rings is 1. The zero-order valence-electron chi connectivity index (χ0n) is 13.0. The molecule has 1 atom stereocenters. The summed E-state index contributed by atoms with van der Waals surface area (Å²) in [6, 6.07) is 7.44. The standard InChI is InChI=1S/C17H22O4/c1-16(2,18)10-9-13-5-7-14(8-6-13)19-11-15-12-20-17(3,4)21-15/h5-8,15,18H,11-12H2,1-4H3. The summed E-state index contributed by atoms with van der Waals surface area (Å²) in [6.07, 6.45) is -0.0466. The average molecular weight is 290 g/mol. The maximum absolute atomic E-state index is 9.56. The minimum absolute atomic E-state index is 0.0466. The summed E-state index contributed by atoms with van der Waals surface area (Å²) in [5, 5.41) is 9.56. The molecule has 114 valence electrons. The van der Waals surface area contributed by atoms with E-state index in [4.69, 9.17) is 14.2 Å². The summed E-state index contributed by atoms with van der Waals surface area (Å²) in [4.78, 5) is 0. The third-order valence-corrected chi connectivity index (χ3v) is 2.87. The first-order chi connectivity index (χ1) is 9.73. The Balaban J connectivity index is 1.87.